The Morgan fingerprint density at radius 2 is 0.980 bits per heavy atom. The Morgan fingerprint density at radius 3 is 1.45 bits per heavy atom. The number of phosphoric ester groups is 1. The molecule has 0 saturated carbocycles. The van der Waals surface area contributed by atoms with E-state index in [2.05, 4.69) is 38.2 Å². The van der Waals surface area contributed by atoms with E-state index in [1.807, 2.05) is 0 Å². The summed E-state index contributed by atoms with van der Waals surface area (Å²) in [4.78, 5) is 34.7. The number of hydrogen-bond acceptors (Lipinski definition) is 8. The van der Waals surface area contributed by atoms with Gasteiger partial charge in [0.05, 0.1) is 13.2 Å². The first kappa shape index (κ1) is 49.5. The zero-order valence-electron chi connectivity index (χ0n) is 32.8. The molecule has 1 unspecified atom stereocenters. The van der Waals surface area contributed by atoms with Gasteiger partial charge in [-0.15, -0.1) is 0 Å². The molecule has 0 aliphatic carbocycles. The molecule has 0 rings (SSSR count). The van der Waals surface area contributed by atoms with Gasteiger partial charge in [0.25, 0.3) is 0 Å². The molecular weight excluding hydrogens is 665 g/mol. The van der Waals surface area contributed by atoms with E-state index in [-0.39, 0.29) is 38.6 Å². The molecule has 10 heteroatoms. The predicted octanol–water partition coefficient (Wildman–Crippen LogP) is 11.6. The van der Waals surface area contributed by atoms with Crippen LogP contribution in [0.15, 0.2) is 24.3 Å². The van der Waals surface area contributed by atoms with E-state index in [9.17, 15) is 19.0 Å². The number of esters is 2. The van der Waals surface area contributed by atoms with Gasteiger partial charge in [0.2, 0.25) is 0 Å². The van der Waals surface area contributed by atoms with Gasteiger partial charge in [-0.3, -0.25) is 18.6 Å². The molecule has 300 valence electrons. The smallest absolute Gasteiger partial charge is 0.462 e. The Morgan fingerprint density at radius 1 is 0.569 bits per heavy atom. The van der Waals surface area contributed by atoms with Crippen molar-refractivity contribution in [3.63, 3.8) is 0 Å². The van der Waals surface area contributed by atoms with Crippen LogP contribution >= 0.6 is 7.82 Å². The van der Waals surface area contributed by atoms with Gasteiger partial charge >= 0.3 is 19.8 Å². The first-order chi connectivity index (χ1) is 24.8. The lowest BCUT2D eigenvalue weighted by atomic mass is 10.1. The highest BCUT2D eigenvalue weighted by Gasteiger charge is 2.26. The van der Waals surface area contributed by atoms with Crippen molar-refractivity contribution < 1.29 is 37.6 Å². The molecule has 0 amide bonds. The number of unbranched alkanes of at least 4 members (excludes halogenated alkanes) is 22. The minimum atomic E-state index is -4.37. The number of nitrogens with two attached hydrogens (primary N) is 1. The van der Waals surface area contributed by atoms with Crippen LogP contribution in [0.1, 0.15) is 194 Å². The summed E-state index contributed by atoms with van der Waals surface area (Å²) >= 11 is 0. The van der Waals surface area contributed by atoms with Gasteiger partial charge in [0, 0.05) is 19.4 Å². The first-order valence-electron chi connectivity index (χ1n) is 20.8. The summed E-state index contributed by atoms with van der Waals surface area (Å²) in [6.07, 6.45) is 39.3. The molecule has 3 N–H and O–H groups in total. The van der Waals surface area contributed by atoms with E-state index in [4.69, 9.17) is 24.3 Å². The molecule has 51 heavy (non-hydrogen) atoms. The fourth-order valence-electron chi connectivity index (χ4n) is 5.67. The number of ether oxygens (including phenoxy) is 2. The van der Waals surface area contributed by atoms with Crippen LogP contribution < -0.4 is 5.73 Å². The predicted molar refractivity (Wildman–Crippen MR) is 211 cm³/mol. The highest BCUT2D eigenvalue weighted by molar-refractivity contribution is 7.47. The van der Waals surface area contributed by atoms with Crippen LogP contribution in [0.3, 0.4) is 0 Å². The fraction of sp³-hybridized carbons (Fsp3) is 0.854. The number of carbonyl (C=O) groups is 2. The maximum atomic E-state index is 12.5. The molecule has 0 aliphatic rings. The molecule has 2 atom stereocenters. The van der Waals surface area contributed by atoms with Crippen LogP contribution in [0, 0.1) is 0 Å². The van der Waals surface area contributed by atoms with E-state index in [0.717, 1.165) is 70.6 Å². The minimum Gasteiger partial charge on any atom is -0.462 e. The molecule has 0 aromatic rings. The first-order valence-corrected chi connectivity index (χ1v) is 22.3. The normalized spacial score (nSPS) is 13.6. The molecule has 9 nitrogen and oxygen atoms in total. The number of allylic oxidation sites excluding steroid dienone is 4. The number of phosphoric acid groups is 1. The molecule has 0 aromatic heterocycles. The topological polar surface area (TPSA) is 134 Å². The van der Waals surface area contributed by atoms with Gasteiger partial charge in [0.1, 0.15) is 6.61 Å². The number of hydrogen-bond donors (Lipinski definition) is 2. The standard InChI is InChI=1S/C41H78NO8P/c1-3-5-7-9-11-13-15-16-17-18-19-20-21-22-24-25-27-29-31-33-40(43)47-37-39(38-49-51(45,46)48-36-35-42)50-41(44)34-32-30-28-26-23-14-12-10-8-6-4-2/h10,12,18-19,39H,3-9,11,13-17,20-38,42H2,1-2H3,(H,45,46)/b12-10-,19-18-/t39-/m1/s1. The lowest BCUT2D eigenvalue weighted by Gasteiger charge is -2.19. The van der Waals surface area contributed by atoms with E-state index in [0.29, 0.717) is 6.42 Å². The van der Waals surface area contributed by atoms with E-state index in [1.54, 1.807) is 0 Å². The van der Waals surface area contributed by atoms with Crippen LogP contribution in [-0.2, 0) is 32.7 Å². The van der Waals surface area contributed by atoms with E-state index < -0.39 is 26.5 Å². The zero-order chi connectivity index (χ0) is 37.5. The summed E-state index contributed by atoms with van der Waals surface area (Å²) in [5.41, 5.74) is 5.33. The lowest BCUT2D eigenvalue weighted by Crippen LogP contribution is -2.29. The van der Waals surface area contributed by atoms with Gasteiger partial charge in [0.15, 0.2) is 6.10 Å². The van der Waals surface area contributed by atoms with Crippen molar-refractivity contribution in [1.29, 1.82) is 0 Å². The van der Waals surface area contributed by atoms with Gasteiger partial charge < -0.3 is 20.1 Å². The van der Waals surface area contributed by atoms with Crippen LogP contribution in [0.25, 0.3) is 0 Å². The van der Waals surface area contributed by atoms with Crippen molar-refractivity contribution in [2.75, 3.05) is 26.4 Å². The van der Waals surface area contributed by atoms with Gasteiger partial charge in [-0.1, -0.05) is 147 Å². The van der Waals surface area contributed by atoms with Gasteiger partial charge in [-0.25, -0.2) is 4.57 Å². The van der Waals surface area contributed by atoms with Crippen molar-refractivity contribution >= 4 is 19.8 Å². The van der Waals surface area contributed by atoms with Crippen molar-refractivity contribution in [2.45, 2.75) is 200 Å². The third-order valence-electron chi connectivity index (χ3n) is 8.81. The number of carbonyl (C=O) groups excluding carboxylic acids is 2. The number of rotatable bonds is 39. The lowest BCUT2D eigenvalue weighted by molar-refractivity contribution is -0.161. The van der Waals surface area contributed by atoms with Crippen molar-refractivity contribution in [3.8, 4) is 0 Å². The third-order valence-corrected chi connectivity index (χ3v) is 9.79. The van der Waals surface area contributed by atoms with Crippen LogP contribution in [0.2, 0.25) is 0 Å². The molecule has 0 aromatic carbocycles. The Bertz CT molecular complexity index is 897. The van der Waals surface area contributed by atoms with Crippen molar-refractivity contribution in [3.05, 3.63) is 24.3 Å². The fourth-order valence-corrected chi connectivity index (χ4v) is 6.43. The average molecular weight is 744 g/mol. The van der Waals surface area contributed by atoms with E-state index in [1.165, 1.54) is 89.9 Å². The highest BCUT2D eigenvalue weighted by atomic mass is 31.2. The summed E-state index contributed by atoms with van der Waals surface area (Å²) in [5.74, 6) is -0.842. The Balaban J connectivity index is 4.12. The molecule has 0 heterocycles. The van der Waals surface area contributed by atoms with Crippen LogP contribution in [0.4, 0.5) is 0 Å². The molecule has 0 radical (unpaired) electrons. The third kappa shape index (κ3) is 38.0. The second kappa shape index (κ2) is 38.2. The summed E-state index contributed by atoms with van der Waals surface area (Å²) < 4.78 is 32.7. The largest absolute Gasteiger partial charge is 0.472 e. The second-order valence-corrected chi connectivity index (χ2v) is 15.3. The molecule has 0 aliphatic heterocycles. The quantitative estimate of drug-likeness (QED) is 0.0273. The summed E-state index contributed by atoms with van der Waals surface area (Å²) in [7, 11) is -4.37. The van der Waals surface area contributed by atoms with Crippen molar-refractivity contribution in [2.24, 2.45) is 5.73 Å². The Kier molecular flexibility index (Phi) is 37.1. The molecular formula is C41H78NO8P. The van der Waals surface area contributed by atoms with Crippen LogP contribution in [-0.4, -0.2) is 49.3 Å². The molecule has 0 saturated heterocycles. The SMILES string of the molecule is CCCC/C=C\CCCCCCCC(=O)O[C@H](COC(=O)CCCCCCCCC/C=C\CCCCCCCCCC)COP(=O)(O)OCCN. The highest BCUT2D eigenvalue weighted by Crippen LogP contribution is 2.43. The monoisotopic (exact) mass is 744 g/mol. The molecule has 0 bridgehead atoms. The summed E-state index contributed by atoms with van der Waals surface area (Å²) in [5, 5.41) is 0. The van der Waals surface area contributed by atoms with Gasteiger partial charge in [-0.2, -0.15) is 0 Å². The Hall–Kier alpha value is -1.51. The second-order valence-electron chi connectivity index (χ2n) is 13.8. The summed E-state index contributed by atoms with van der Waals surface area (Å²) in [6.45, 7) is 3.68. The van der Waals surface area contributed by atoms with Crippen molar-refractivity contribution in [1.82, 2.24) is 0 Å². The van der Waals surface area contributed by atoms with Gasteiger partial charge in [-0.05, 0) is 57.8 Å². The van der Waals surface area contributed by atoms with Crippen LogP contribution in [0.5, 0.6) is 0 Å². The maximum absolute atomic E-state index is 12.5. The zero-order valence-corrected chi connectivity index (χ0v) is 33.7. The average Bonchev–Trinajstić information content (AvgIpc) is 3.11. The molecule has 0 spiro atoms. The summed E-state index contributed by atoms with van der Waals surface area (Å²) in [6, 6.07) is 0. The molecule has 0 fully saturated rings. The maximum Gasteiger partial charge on any atom is 0.472 e. The Labute approximate surface area is 312 Å². The minimum absolute atomic E-state index is 0.0523. The van der Waals surface area contributed by atoms with E-state index >= 15 is 0 Å².